The predicted octanol–water partition coefficient (Wildman–Crippen LogP) is 3.26. The van der Waals surface area contributed by atoms with Gasteiger partial charge in [-0.1, -0.05) is 24.3 Å². The van der Waals surface area contributed by atoms with Crippen molar-refractivity contribution in [3.63, 3.8) is 0 Å². The van der Waals surface area contributed by atoms with Gasteiger partial charge < -0.3 is 4.98 Å². The van der Waals surface area contributed by atoms with Crippen LogP contribution in [0.1, 0.15) is 0 Å². The Morgan fingerprint density at radius 3 is 2.80 bits per heavy atom. The molecule has 0 aliphatic rings. The first-order valence-electron chi connectivity index (χ1n) is 6.30. The number of benzene rings is 2. The summed E-state index contributed by atoms with van der Waals surface area (Å²) in [6, 6.07) is 12.8. The van der Waals surface area contributed by atoms with Crippen LogP contribution in [0.4, 0.5) is 4.39 Å². The molecule has 98 valence electrons. The van der Waals surface area contributed by atoms with E-state index in [1.54, 1.807) is 16.8 Å². The third kappa shape index (κ3) is 1.46. The summed E-state index contributed by atoms with van der Waals surface area (Å²) in [7, 11) is 1.88. The SMILES string of the molecule is Cn1nc(-c2nc3c(F)cccc3[nH]2)c2ccccc21. The molecule has 20 heavy (non-hydrogen) atoms. The van der Waals surface area contributed by atoms with Gasteiger partial charge in [-0.25, -0.2) is 9.37 Å². The van der Waals surface area contributed by atoms with Gasteiger partial charge in [0, 0.05) is 12.4 Å². The van der Waals surface area contributed by atoms with Crippen molar-refractivity contribution in [1.82, 2.24) is 19.7 Å². The summed E-state index contributed by atoms with van der Waals surface area (Å²) in [4.78, 5) is 7.47. The number of hydrogen-bond donors (Lipinski definition) is 1. The lowest BCUT2D eigenvalue weighted by Gasteiger charge is -1.91. The molecule has 0 bridgehead atoms. The van der Waals surface area contributed by atoms with Crippen LogP contribution in [-0.4, -0.2) is 19.7 Å². The molecule has 0 saturated heterocycles. The number of imidazole rings is 1. The zero-order valence-corrected chi connectivity index (χ0v) is 10.8. The minimum Gasteiger partial charge on any atom is -0.336 e. The summed E-state index contributed by atoms with van der Waals surface area (Å²) < 4.78 is 15.5. The van der Waals surface area contributed by atoms with Crippen molar-refractivity contribution in [2.45, 2.75) is 0 Å². The summed E-state index contributed by atoms with van der Waals surface area (Å²) in [5, 5.41) is 5.48. The van der Waals surface area contributed by atoms with E-state index < -0.39 is 0 Å². The third-order valence-corrected chi connectivity index (χ3v) is 3.45. The summed E-state index contributed by atoms with van der Waals surface area (Å²) in [6.07, 6.45) is 0. The lowest BCUT2D eigenvalue weighted by Crippen LogP contribution is -1.90. The van der Waals surface area contributed by atoms with E-state index in [1.807, 2.05) is 31.3 Å². The number of hydrogen-bond acceptors (Lipinski definition) is 2. The molecule has 0 aliphatic heterocycles. The average molecular weight is 266 g/mol. The standard InChI is InChI=1S/C15H11FN4/c1-20-12-8-3-2-5-9(12)13(19-20)15-17-11-7-4-6-10(16)14(11)18-15/h2-8H,1H3,(H,17,18). The second kappa shape index (κ2) is 3.90. The average Bonchev–Trinajstić information content (AvgIpc) is 3.02. The molecule has 2 aromatic carbocycles. The highest BCUT2D eigenvalue weighted by atomic mass is 19.1. The molecule has 2 heterocycles. The van der Waals surface area contributed by atoms with E-state index in [4.69, 9.17) is 0 Å². The highest BCUT2D eigenvalue weighted by molar-refractivity contribution is 5.93. The van der Waals surface area contributed by atoms with Gasteiger partial charge in [-0.2, -0.15) is 5.10 Å². The van der Waals surface area contributed by atoms with Crippen LogP contribution in [0.2, 0.25) is 0 Å². The molecule has 0 unspecified atom stereocenters. The first-order valence-corrected chi connectivity index (χ1v) is 6.30. The molecule has 0 fully saturated rings. The molecule has 5 heteroatoms. The topological polar surface area (TPSA) is 46.5 Å². The lowest BCUT2D eigenvalue weighted by atomic mass is 10.2. The Kier molecular flexibility index (Phi) is 2.18. The Balaban J connectivity index is 2.04. The van der Waals surface area contributed by atoms with E-state index in [2.05, 4.69) is 15.1 Å². The quantitative estimate of drug-likeness (QED) is 0.575. The third-order valence-electron chi connectivity index (χ3n) is 3.45. The highest BCUT2D eigenvalue weighted by Gasteiger charge is 2.15. The molecule has 2 aromatic heterocycles. The number of nitrogens with zero attached hydrogens (tertiary/aromatic N) is 3. The predicted molar refractivity (Wildman–Crippen MR) is 75.8 cm³/mol. The van der Waals surface area contributed by atoms with Crippen molar-refractivity contribution in [2.75, 3.05) is 0 Å². The molecular weight excluding hydrogens is 255 g/mol. The number of fused-ring (bicyclic) bond motifs is 2. The fraction of sp³-hybridized carbons (Fsp3) is 0.0667. The number of aromatic amines is 1. The van der Waals surface area contributed by atoms with Gasteiger partial charge in [0.05, 0.1) is 11.0 Å². The molecule has 0 saturated carbocycles. The second-order valence-electron chi connectivity index (χ2n) is 4.71. The Morgan fingerprint density at radius 1 is 1.10 bits per heavy atom. The van der Waals surface area contributed by atoms with Crippen LogP contribution in [-0.2, 0) is 7.05 Å². The molecule has 4 rings (SSSR count). The molecule has 0 aliphatic carbocycles. The summed E-state index contributed by atoms with van der Waals surface area (Å²) >= 11 is 0. The van der Waals surface area contributed by atoms with Crippen molar-refractivity contribution >= 4 is 21.9 Å². The van der Waals surface area contributed by atoms with Crippen molar-refractivity contribution in [2.24, 2.45) is 7.05 Å². The van der Waals surface area contributed by atoms with Gasteiger partial charge in [-0.15, -0.1) is 0 Å². The Labute approximate surface area is 113 Å². The monoisotopic (exact) mass is 266 g/mol. The number of nitrogens with one attached hydrogen (secondary N) is 1. The number of para-hydroxylation sites is 2. The van der Waals surface area contributed by atoms with Gasteiger partial charge in [-0.05, 0) is 18.2 Å². The number of halogens is 1. The van der Waals surface area contributed by atoms with E-state index >= 15 is 0 Å². The normalized spacial score (nSPS) is 11.5. The first-order chi connectivity index (χ1) is 9.74. The van der Waals surface area contributed by atoms with Crippen LogP contribution in [0.15, 0.2) is 42.5 Å². The molecule has 4 nitrogen and oxygen atoms in total. The van der Waals surface area contributed by atoms with Gasteiger partial charge in [0.25, 0.3) is 0 Å². The van der Waals surface area contributed by atoms with E-state index in [0.29, 0.717) is 16.9 Å². The van der Waals surface area contributed by atoms with E-state index in [0.717, 1.165) is 16.6 Å². The number of rotatable bonds is 1. The van der Waals surface area contributed by atoms with Crippen LogP contribution in [0.25, 0.3) is 33.5 Å². The lowest BCUT2D eigenvalue weighted by molar-refractivity contribution is 0.637. The van der Waals surface area contributed by atoms with Crippen molar-refractivity contribution in [3.05, 3.63) is 48.3 Å². The number of H-pyrrole nitrogens is 1. The first kappa shape index (κ1) is 11.2. The molecule has 0 radical (unpaired) electrons. The molecular formula is C15H11FN4. The van der Waals surface area contributed by atoms with Crippen molar-refractivity contribution in [3.8, 4) is 11.5 Å². The largest absolute Gasteiger partial charge is 0.336 e. The van der Waals surface area contributed by atoms with E-state index in [-0.39, 0.29) is 5.82 Å². The summed E-state index contributed by atoms with van der Waals surface area (Å²) in [6.45, 7) is 0. The van der Waals surface area contributed by atoms with Crippen molar-refractivity contribution < 1.29 is 4.39 Å². The zero-order valence-electron chi connectivity index (χ0n) is 10.8. The van der Waals surface area contributed by atoms with Crippen LogP contribution in [0.3, 0.4) is 0 Å². The summed E-state index contributed by atoms with van der Waals surface area (Å²) in [5.74, 6) is 0.257. The molecule has 4 aromatic rings. The Bertz CT molecular complexity index is 936. The molecule has 1 N–H and O–H groups in total. The maximum absolute atomic E-state index is 13.7. The molecule has 0 amide bonds. The van der Waals surface area contributed by atoms with E-state index in [9.17, 15) is 4.39 Å². The van der Waals surface area contributed by atoms with Crippen LogP contribution < -0.4 is 0 Å². The Morgan fingerprint density at radius 2 is 1.95 bits per heavy atom. The number of aromatic nitrogens is 4. The minimum absolute atomic E-state index is 0.328. The summed E-state index contributed by atoms with van der Waals surface area (Å²) in [5.41, 5.74) is 2.77. The molecule has 0 atom stereocenters. The maximum Gasteiger partial charge on any atom is 0.159 e. The smallest absolute Gasteiger partial charge is 0.159 e. The zero-order chi connectivity index (χ0) is 13.7. The van der Waals surface area contributed by atoms with Gasteiger partial charge in [-0.3, -0.25) is 4.68 Å². The van der Waals surface area contributed by atoms with E-state index in [1.165, 1.54) is 6.07 Å². The van der Waals surface area contributed by atoms with Crippen LogP contribution in [0, 0.1) is 5.82 Å². The highest BCUT2D eigenvalue weighted by Crippen LogP contribution is 2.27. The van der Waals surface area contributed by atoms with Gasteiger partial charge in [0.1, 0.15) is 11.2 Å². The number of aryl methyl sites for hydroxylation is 1. The van der Waals surface area contributed by atoms with Crippen LogP contribution >= 0.6 is 0 Å². The van der Waals surface area contributed by atoms with Gasteiger partial charge in [0.2, 0.25) is 0 Å². The second-order valence-corrected chi connectivity index (χ2v) is 4.71. The van der Waals surface area contributed by atoms with Crippen LogP contribution in [0.5, 0.6) is 0 Å². The fourth-order valence-corrected chi connectivity index (χ4v) is 2.50. The van der Waals surface area contributed by atoms with Gasteiger partial charge in [0.15, 0.2) is 11.6 Å². The Hall–Kier alpha value is -2.69. The maximum atomic E-state index is 13.7. The minimum atomic E-state index is -0.328. The van der Waals surface area contributed by atoms with Crippen molar-refractivity contribution in [1.29, 1.82) is 0 Å². The van der Waals surface area contributed by atoms with Gasteiger partial charge >= 0.3 is 0 Å². The fourth-order valence-electron chi connectivity index (χ4n) is 2.50. The molecule has 0 spiro atoms.